The highest BCUT2D eigenvalue weighted by Gasteiger charge is 2.25. The summed E-state index contributed by atoms with van der Waals surface area (Å²) in [6.45, 7) is 5.10. The summed E-state index contributed by atoms with van der Waals surface area (Å²) in [6, 6.07) is 8.26. The Hall–Kier alpha value is -3.72. The van der Waals surface area contributed by atoms with Crippen molar-refractivity contribution >= 4 is 32.6 Å². The summed E-state index contributed by atoms with van der Waals surface area (Å²) in [7, 11) is -2.61. The van der Waals surface area contributed by atoms with Crippen molar-refractivity contribution in [2.45, 2.75) is 31.9 Å². The standard InChI is InChI=1S/C23H20ClN5O5S/c1-11-7-14(13(3)33-18-5-6-19(24)28-23(18)35(26,31)32)22-15(8-11)20(30)12(2)21(34-22)16-10-27-29(4)17(16)9-25/h5-8,10,13H,1-4H3,(H2,26,31,32). The first-order valence-electron chi connectivity index (χ1n) is 10.3. The van der Waals surface area contributed by atoms with Crippen molar-refractivity contribution in [3.05, 3.63) is 68.2 Å². The molecule has 0 saturated carbocycles. The van der Waals surface area contributed by atoms with Crippen molar-refractivity contribution in [3.63, 3.8) is 0 Å². The number of rotatable bonds is 5. The molecule has 0 saturated heterocycles. The predicted molar refractivity (Wildman–Crippen MR) is 129 cm³/mol. The maximum atomic E-state index is 13.3. The Balaban J connectivity index is 1.93. The highest BCUT2D eigenvalue weighted by Crippen LogP contribution is 2.34. The summed E-state index contributed by atoms with van der Waals surface area (Å²) in [5.41, 5.74) is 2.15. The second-order valence-electron chi connectivity index (χ2n) is 8.00. The maximum Gasteiger partial charge on any atom is 0.259 e. The largest absolute Gasteiger partial charge is 0.483 e. The van der Waals surface area contributed by atoms with Crippen LogP contribution in [0.5, 0.6) is 5.75 Å². The third kappa shape index (κ3) is 4.39. The second kappa shape index (κ2) is 8.81. The number of primary sulfonamides is 1. The molecule has 10 nitrogen and oxygen atoms in total. The predicted octanol–water partition coefficient (Wildman–Crippen LogP) is 3.52. The van der Waals surface area contributed by atoms with E-state index in [2.05, 4.69) is 16.2 Å². The van der Waals surface area contributed by atoms with Crippen molar-refractivity contribution in [2.75, 3.05) is 0 Å². The van der Waals surface area contributed by atoms with Crippen LogP contribution in [-0.2, 0) is 17.1 Å². The Kier molecular flexibility index (Phi) is 6.14. The lowest BCUT2D eigenvalue weighted by molar-refractivity contribution is 0.219. The first kappa shape index (κ1) is 24.4. The Labute approximate surface area is 205 Å². The molecule has 0 amide bonds. The number of aromatic nitrogens is 3. The average molecular weight is 514 g/mol. The molecular formula is C23H20ClN5O5S. The molecular weight excluding hydrogens is 494 g/mol. The van der Waals surface area contributed by atoms with Gasteiger partial charge in [0.1, 0.15) is 34.4 Å². The molecule has 3 aromatic heterocycles. The molecule has 0 aliphatic rings. The summed E-state index contributed by atoms with van der Waals surface area (Å²) in [4.78, 5) is 17.1. The van der Waals surface area contributed by atoms with Crippen molar-refractivity contribution in [3.8, 4) is 23.1 Å². The second-order valence-corrected chi connectivity index (χ2v) is 9.86. The summed E-state index contributed by atoms with van der Waals surface area (Å²) in [5.74, 6) is 0.107. The lowest BCUT2D eigenvalue weighted by atomic mass is 10.00. The Morgan fingerprint density at radius 3 is 2.66 bits per heavy atom. The molecule has 0 radical (unpaired) electrons. The molecule has 35 heavy (non-hydrogen) atoms. The maximum absolute atomic E-state index is 13.3. The van der Waals surface area contributed by atoms with Gasteiger partial charge in [0.2, 0.25) is 5.03 Å². The average Bonchev–Trinajstić information content (AvgIpc) is 3.16. The van der Waals surface area contributed by atoms with E-state index in [9.17, 15) is 18.5 Å². The summed E-state index contributed by atoms with van der Waals surface area (Å²) in [5, 5.41) is 18.7. The van der Waals surface area contributed by atoms with Gasteiger partial charge < -0.3 is 9.15 Å². The van der Waals surface area contributed by atoms with Gasteiger partial charge in [-0.3, -0.25) is 9.48 Å². The number of sulfonamides is 1. The van der Waals surface area contributed by atoms with E-state index in [1.165, 1.54) is 23.0 Å². The molecule has 4 aromatic rings. The van der Waals surface area contributed by atoms with Crippen molar-refractivity contribution in [1.82, 2.24) is 14.8 Å². The first-order valence-corrected chi connectivity index (χ1v) is 12.2. The van der Waals surface area contributed by atoms with Gasteiger partial charge in [-0.25, -0.2) is 18.5 Å². The minimum absolute atomic E-state index is 0.0640. The molecule has 180 valence electrons. The van der Waals surface area contributed by atoms with Gasteiger partial charge in [0.25, 0.3) is 10.0 Å². The SMILES string of the molecule is Cc1cc(C(C)Oc2ccc(Cl)nc2S(N)(=O)=O)c2oc(-c3cnn(C)c3C#N)c(C)c(=O)c2c1. The van der Waals surface area contributed by atoms with Crippen LogP contribution in [-0.4, -0.2) is 23.2 Å². The number of nitriles is 1. The number of pyridine rings is 1. The molecule has 0 fully saturated rings. The fourth-order valence-electron chi connectivity index (χ4n) is 3.82. The zero-order valence-electron chi connectivity index (χ0n) is 19.2. The molecule has 3 heterocycles. The van der Waals surface area contributed by atoms with Crippen LogP contribution in [0.1, 0.15) is 35.4 Å². The summed E-state index contributed by atoms with van der Waals surface area (Å²) < 4.78 is 37.6. The number of halogens is 1. The monoisotopic (exact) mass is 513 g/mol. The topological polar surface area (TPSA) is 154 Å². The highest BCUT2D eigenvalue weighted by atomic mass is 35.5. The van der Waals surface area contributed by atoms with Gasteiger partial charge in [0.05, 0.1) is 17.1 Å². The zero-order valence-corrected chi connectivity index (χ0v) is 20.7. The molecule has 0 bridgehead atoms. The van der Waals surface area contributed by atoms with E-state index in [1.807, 2.05) is 6.92 Å². The number of hydrogen-bond acceptors (Lipinski definition) is 8. The van der Waals surface area contributed by atoms with Gasteiger partial charge in [-0.15, -0.1) is 0 Å². The smallest absolute Gasteiger partial charge is 0.259 e. The van der Waals surface area contributed by atoms with E-state index in [-0.39, 0.29) is 33.4 Å². The molecule has 0 spiro atoms. The lowest BCUT2D eigenvalue weighted by Gasteiger charge is -2.19. The number of ether oxygens (including phenoxy) is 1. The number of aryl methyl sites for hydroxylation is 2. The molecule has 4 rings (SSSR count). The van der Waals surface area contributed by atoms with Crippen LogP contribution in [0, 0.1) is 25.2 Å². The Morgan fingerprint density at radius 1 is 1.29 bits per heavy atom. The normalized spacial score (nSPS) is 12.5. The van der Waals surface area contributed by atoms with Crippen LogP contribution in [0.2, 0.25) is 5.15 Å². The number of nitrogens with zero attached hydrogens (tertiary/aromatic N) is 4. The van der Waals surface area contributed by atoms with Crippen molar-refractivity contribution in [1.29, 1.82) is 5.26 Å². The van der Waals surface area contributed by atoms with Crippen LogP contribution < -0.4 is 15.3 Å². The molecule has 1 aromatic carbocycles. The third-order valence-corrected chi connectivity index (χ3v) is 6.53. The minimum atomic E-state index is -4.23. The molecule has 2 N–H and O–H groups in total. The van der Waals surface area contributed by atoms with Gasteiger partial charge in [-0.1, -0.05) is 11.6 Å². The minimum Gasteiger partial charge on any atom is -0.483 e. The van der Waals surface area contributed by atoms with Crippen molar-refractivity contribution in [2.24, 2.45) is 12.2 Å². The Bertz CT molecular complexity index is 1700. The van der Waals surface area contributed by atoms with Crippen LogP contribution in [0.25, 0.3) is 22.3 Å². The fraction of sp³-hybridized carbons (Fsp3) is 0.217. The molecule has 12 heteroatoms. The molecule has 1 atom stereocenters. The number of nitrogens with two attached hydrogens (primary N) is 1. The van der Waals surface area contributed by atoms with Gasteiger partial charge >= 0.3 is 0 Å². The fourth-order valence-corrected chi connectivity index (χ4v) is 4.64. The van der Waals surface area contributed by atoms with E-state index in [1.54, 1.807) is 33.0 Å². The van der Waals surface area contributed by atoms with E-state index < -0.39 is 21.2 Å². The Morgan fingerprint density at radius 2 is 2.00 bits per heavy atom. The zero-order chi connectivity index (χ0) is 25.7. The number of hydrogen-bond donors (Lipinski definition) is 1. The molecule has 1 unspecified atom stereocenters. The first-order chi connectivity index (χ1) is 16.4. The summed E-state index contributed by atoms with van der Waals surface area (Å²) >= 11 is 5.84. The number of benzene rings is 1. The van der Waals surface area contributed by atoms with E-state index in [4.69, 9.17) is 25.9 Å². The molecule has 0 aliphatic carbocycles. The van der Waals surface area contributed by atoms with E-state index in [0.717, 1.165) is 5.56 Å². The third-order valence-electron chi connectivity index (χ3n) is 5.48. The lowest BCUT2D eigenvalue weighted by Crippen LogP contribution is -2.17. The van der Waals surface area contributed by atoms with Gasteiger partial charge in [-0.2, -0.15) is 10.4 Å². The van der Waals surface area contributed by atoms with Gasteiger partial charge in [0.15, 0.2) is 11.2 Å². The number of fused-ring (bicyclic) bond motifs is 1. The van der Waals surface area contributed by atoms with E-state index >= 15 is 0 Å². The molecule has 0 aliphatic heterocycles. The highest BCUT2D eigenvalue weighted by molar-refractivity contribution is 7.89. The van der Waals surface area contributed by atoms with Gasteiger partial charge in [-0.05, 0) is 50.6 Å². The summed E-state index contributed by atoms with van der Waals surface area (Å²) in [6.07, 6.45) is 0.672. The quantitative estimate of drug-likeness (QED) is 0.397. The van der Waals surface area contributed by atoms with Crippen LogP contribution in [0.3, 0.4) is 0 Å². The van der Waals surface area contributed by atoms with Crippen molar-refractivity contribution < 1.29 is 17.6 Å². The van der Waals surface area contributed by atoms with Crippen LogP contribution in [0.4, 0.5) is 0 Å². The van der Waals surface area contributed by atoms with E-state index in [0.29, 0.717) is 22.1 Å². The van der Waals surface area contributed by atoms with Gasteiger partial charge in [0, 0.05) is 18.2 Å². The van der Waals surface area contributed by atoms with Crippen LogP contribution >= 0.6 is 11.6 Å². The van der Waals surface area contributed by atoms with Crippen LogP contribution in [0.15, 0.2) is 44.7 Å².